The van der Waals surface area contributed by atoms with Crippen LogP contribution in [0, 0.1) is 5.92 Å². The van der Waals surface area contributed by atoms with Crippen LogP contribution in [-0.4, -0.2) is 36.6 Å². The summed E-state index contributed by atoms with van der Waals surface area (Å²) in [5.74, 6) is 0.706. The standard InChI is InChI=1S/C14H23N3/c1-3-17-9-5-7-12(10-15-2)14(17)13-6-4-8-16-11-13/h4,6,8,11-12,14-15H,3,5,7,9-10H2,1-2H3. The quantitative estimate of drug-likeness (QED) is 0.863. The maximum Gasteiger partial charge on any atom is 0.0403 e. The van der Waals surface area contributed by atoms with Crippen LogP contribution in [0.15, 0.2) is 24.5 Å². The molecule has 2 heterocycles. The van der Waals surface area contributed by atoms with Crippen molar-refractivity contribution in [2.45, 2.75) is 25.8 Å². The van der Waals surface area contributed by atoms with E-state index in [0.717, 1.165) is 13.1 Å². The van der Waals surface area contributed by atoms with Crippen molar-refractivity contribution >= 4 is 0 Å². The third-order valence-electron chi connectivity index (χ3n) is 3.76. The Labute approximate surface area is 104 Å². The zero-order chi connectivity index (χ0) is 12.1. The van der Waals surface area contributed by atoms with E-state index in [2.05, 4.69) is 28.2 Å². The first-order valence-electron chi connectivity index (χ1n) is 6.65. The molecule has 94 valence electrons. The lowest BCUT2D eigenvalue weighted by Crippen LogP contribution is -2.42. The van der Waals surface area contributed by atoms with Gasteiger partial charge in [-0.3, -0.25) is 9.88 Å². The molecule has 1 aliphatic heterocycles. The smallest absolute Gasteiger partial charge is 0.0403 e. The van der Waals surface area contributed by atoms with Gasteiger partial charge in [-0.15, -0.1) is 0 Å². The molecule has 1 aromatic rings. The Hall–Kier alpha value is -0.930. The summed E-state index contributed by atoms with van der Waals surface area (Å²) in [5, 5.41) is 3.33. The first-order chi connectivity index (χ1) is 8.36. The van der Waals surface area contributed by atoms with Gasteiger partial charge in [-0.2, -0.15) is 0 Å². The van der Waals surface area contributed by atoms with Crippen molar-refractivity contribution in [1.82, 2.24) is 15.2 Å². The molecule has 1 fully saturated rings. The van der Waals surface area contributed by atoms with Gasteiger partial charge < -0.3 is 5.32 Å². The van der Waals surface area contributed by atoms with Gasteiger partial charge in [0.05, 0.1) is 0 Å². The minimum atomic E-state index is 0.537. The summed E-state index contributed by atoms with van der Waals surface area (Å²) in [6, 6.07) is 4.80. The number of likely N-dealkylation sites (tertiary alicyclic amines) is 1. The lowest BCUT2D eigenvalue weighted by molar-refractivity contribution is 0.0979. The topological polar surface area (TPSA) is 28.2 Å². The van der Waals surface area contributed by atoms with Crippen molar-refractivity contribution in [3.63, 3.8) is 0 Å². The van der Waals surface area contributed by atoms with E-state index in [1.165, 1.54) is 24.9 Å². The van der Waals surface area contributed by atoms with Crippen molar-refractivity contribution in [3.8, 4) is 0 Å². The zero-order valence-corrected chi connectivity index (χ0v) is 10.9. The van der Waals surface area contributed by atoms with Crippen molar-refractivity contribution in [3.05, 3.63) is 30.1 Å². The second-order valence-corrected chi connectivity index (χ2v) is 4.82. The van der Waals surface area contributed by atoms with Crippen molar-refractivity contribution in [2.24, 2.45) is 5.92 Å². The number of hydrogen-bond acceptors (Lipinski definition) is 3. The summed E-state index contributed by atoms with van der Waals surface area (Å²) in [4.78, 5) is 6.86. The Morgan fingerprint density at radius 3 is 3.06 bits per heavy atom. The largest absolute Gasteiger partial charge is 0.319 e. The number of aromatic nitrogens is 1. The molecular weight excluding hydrogens is 210 g/mol. The first kappa shape index (κ1) is 12.5. The maximum absolute atomic E-state index is 4.28. The summed E-state index contributed by atoms with van der Waals surface area (Å²) in [6.07, 6.45) is 6.52. The van der Waals surface area contributed by atoms with Gasteiger partial charge in [0.1, 0.15) is 0 Å². The van der Waals surface area contributed by atoms with E-state index >= 15 is 0 Å². The second kappa shape index (κ2) is 6.12. The average molecular weight is 233 g/mol. The van der Waals surface area contributed by atoms with Gasteiger partial charge in [0.15, 0.2) is 0 Å². The fraction of sp³-hybridized carbons (Fsp3) is 0.643. The van der Waals surface area contributed by atoms with Crippen LogP contribution in [0.2, 0.25) is 0 Å². The third kappa shape index (κ3) is 2.85. The van der Waals surface area contributed by atoms with Crippen molar-refractivity contribution in [2.75, 3.05) is 26.7 Å². The van der Waals surface area contributed by atoms with Gasteiger partial charge in [0, 0.05) is 18.4 Å². The minimum Gasteiger partial charge on any atom is -0.319 e. The number of pyridine rings is 1. The van der Waals surface area contributed by atoms with Gasteiger partial charge >= 0.3 is 0 Å². The lowest BCUT2D eigenvalue weighted by atomic mass is 9.85. The summed E-state index contributed by atoms with van der Waals surface area (Å²) >= 11 is 0. The molecule has 2 unspecified atom stereocenters. The Morgan fingerprint density at radius 1 is 1.53 bits per heavy atom. The van der Waals surface area contributed by atoms with Gasteiger partial charge in [-0.1, -0.05) is 13.0 Å². The molecule has 0 spiro atoms. The highest BCUT2D eigenvalue weighted by Crippen LogP contribution is 2.34. The summed E-state index contributed by atoms with van der Waals surface area (Å²) in [5.41, 5.74) is 1.37. The molecular formula is C14H23N3. The zero-order valence-electron chi connectivity index (χ0n) is 10.9. The Kier molecular flexibility index (Phi) is 4.51. The fourth-order valence-electron chi connectivity index (χ4n) is 3.02. The van der Waals surface area contributed by atoms with E-state index in [4.69, 9.17) is 0 Å². The molecule has 17 heavy (non-hydrogen) atoms. The Bertz CT molecular complexity index is 323. The first-order valence-corrected chi connectivity index (χ1v) is 6.65. The molecule has 0 bridgehead atoms. The Morgan fingerprint density at radius 2 is 2.41 bits per heavy atom. The number of rotatable bonds is 4. The summed E-state index contributed by atoms with van der Waals surface area (Å²) < 4.78 is 0. The molecule has 2 atom stereocenters. The highest BCUT2D eigenvalue weighted by atomic mass is 15.2. The number of piperidine rings is 1. The van der Waals surface area contributed by atoms with E-state index in [-0.39, 0.29) is 0 Å². The molecule has 1 N–H and O–H groups in total. The van der Waals surface area contributed by atoms with Crippen LogP contribution in [0.5, 0.6) is 0 Å². The van der Waals surface area contributed by atoms with Crippen LogP contribution in [0.3, 0.4) is 0 Å². The van der Waals surface area contributed by atoms with Gasteiger partial charge in [-0.25, -0.2) is 0 Å². The molecule has 0 aliphatic carbocycles. The Balaban J connectivity index is 2.22. The SMILES string of the molecule is CCN1CCCC(CNC)C1c1cccnc1. The molecule has 0 saturated carbocycles. The van der Waals surface area contributed by atoms with E-state index in [1.54, 1.807) is 0 Å². The normalized spacial score (nSPS) is 26.0. The van der Waals surface area contributed by atoms with E-state index in [1.807, 2.05) is 25.5 Å². The second-order valence-electron chi connectivity index (χ2n) is 4.82. The van der Waals surface area contributed by atoms with Gasteiger partial charge in [0.25, 0.3) is 0 Å². The highest BCUT2D eigenvalue weighted by Gasteiger charge is 2.31. The molecule has 0 aromatic carbocycles. The highest BCUT2D eigenvalue weighted by molar-refractivity contribution is 5.16. The predicted molar refractivity (Wildman–Crippen MR) is 70.9 cm³/mol. The minimum absolute atomic E-state index is 0.537. The maximum atomic E-state index is 4.28. The lowest BCUT2D eigenvalue weighted by Gasteiger charge is -2.41. The van der Waals surface area contributed by atoms with Gasteiger partial charge in [-0.05, 0) is 57.1 Å². The summed E-state index contributed by atoms with van der Waals surface area (Å²) in [6.45, 7) is 5.69. The van der Waals surface area contributed by atoms with Crippen LogP contribution >= 0.6 is 0 Å². The third-order valence-corrected chi connectivity index (χ3v) is 3.76. The molecule has 2 rings (SSSR count). The summed E-state index contributed by atoms with van der Waals surface area (Å²) in [7, 11) is 2.05. The van der Waals surface area contributed by atoms with Crippen molar-refractivity contribution in [1.29, 1.82) is 0 Å². The average Bonchev–Trinajstić information content (AvgIpc) is 2.40. The molecule has 1 aromatic heterocycles. The molecule has 0 amide bonds. The van der Waals surface area contributed by atoms with Crippen LogP contribution in [-0.2, 0) is 0 Å². The van der Waals surface area contributed by atoms with E-state index in [9.17, 15) is 0 Å². The molecule has 3 heteroatoms. The molecule has 1 aliphatic rings. The molecule has 1 saturated heterocycles. The van der Waals surface area contributed by atoms with Crippen LogP contribution < -0.4 is 5.32 Å². The molecule has 3 nitrogen and oxygen atoms in total. The van der Waals surface area contributed by atoms with Crippen molar-refractivity contribution < 1.29 is 0 Å². The van der Waals surface area contributed by atoms with E-state index < -0.39 is 0 Å². The monoisotopic (exact) mass is 233 g/mol. The number of nitrogens with one attached hydrogen (secondary N) is 1. The van der Waals surface area contributed by atoms with E-state index in [0.29, 0.717) is 12.0 Å². The predicted octanol–water partition coefficient (Wildman–Crippen LogP) is 2.07. The van der Waals surface area contributed by atoms with Crippen LogP contribution in [0.25, 0.3) is 0 Å². The van der Waals surface area contributed by atoms with Crippen LogP contribution in [0.1, 0.15) is 31.4 Å². The number of nitrogens with zero attached hydrogens (tertiary/aromatic N) is 2. The molecule has 0 radical (unpaired) electrons. The van der Waals surface area contributed by atoms with Crippen LogP contribution in [0.4, 0.5) is 0 Å². The fourth-order valence-corrected chi connectivity index (χ4v) is 3.02. The number of hydrogen-bond donors (Lipinski definition) is 1. The van der Waals surface area contributed by atoms with Gasteiger partial charge in [0.2, 0.25) is 0 Å².